The summed E-state index contributed by atoms with van der Waals surface area (Å²) in [5.41, 5.74) is 10.6. The number of anilines is 2. The summed E-state index contributed by atoms with van der Waals surface area (Å²) >= 11 is 0. The summed E-state index contributed by atoms with van der Waals surface area (Å²) in [6, 6.07) is 11.4. The van der Waals surface area contributed by atoms with E-state index in [1.165, 1.54) is 5.56 Å². The summed E-state index contributed by atoms with van der Waals surface area (Å²) < 4.78 is 13.8. The van der Waals surface area contributed by atoms with E-state index in [-0.39, 0.29) is 11.9 Å². The highest BCUT2D eigenvalue weighted by Gasteiger charge is 2.15. The first-order valence-corrected chi connectivity index (χ1v) is 6.76. The Kier molecular flexibility index (Phi) is 4.09. The van der Waals surface area contributed by atoms with Gasteiger partial charge in [0, 0.05) is 24.5 Å². The van der Waals surface area contributed by atoms with Crippen molar-refractivity contribution in [2.24, 2.45) is 5.73 Å². The first-order chi connectivity index (χ1) is 9.40. The molecule has 0 radical (unpaired) electrons. The van der Waals surface area contributed by atoms with E-state index in [0.717, 1.165) is 16.9 Å². The third kappa shape index (κ3) is 2.83. The molecule has 0 amide bonds. The van der Waals surface area contributed by atoms with Gasteiger partial charge in [0.05, 0.1) is 0 Å². The van der Waals surface area contributed by atoms with Crippen molar-refractivity contribution in [2.75, 3.05) is 11.9 Å². The van der Waals surface area contributed by atoms with Gasteiger partial charge in [-0.05, 0) is 61.7 Å². The van der Waals surface area contributed by atoms with E-state index >= 15 is 0 Å². The van der Waals surface area contributed by atoms with Crippen molar-refractivity contribution in [3.8, 4) is 0 Å². The molecule has 2 aromatic carbocycles. The van der Waals surface area contributed by atoms with Gasteiger partial charge in [-0.25, -0.2) is 4.39 Å². The monoisotopic (exact) mass is 272 g/mol. The first kappa shape index (κ1) is 14.5. The highest BCUT2D eigenvalue weighted by atomic mass is 19.1. The molecule has 0 aliphatic heterocycles. The van der Waals surface area contributed by atoms with Crippen LogP contribution in [0, 0.1) is 19.7 Å². The van der Waals surface area contributed by atoms with Crippen molar-refractivity contribution in [1.82, 2.24) is 0 Å². The third-order valence-electron chi connectivity index (χ3n) is 3.55. The standard InChI is InChI=1S/C17H21FN2/c1-11-6-5-7-14(8-11)20(4)17-9-12(2)16(18)10-15(17)13(3)19/h5-10,13H,19H2,1-4H3. The molecule has 0 saturated carbocycles. The van der Waals surface area contributed by atoms with Crippen molar-refractivity contribution in [3.05, 3.63) is 58.9 Å². The fourth-order valence-electron chi connectivity index (χ4n) is 2.31. The maximum absolute atomic E-state index is 13.8. The molecule has 20 heavy (non-hydrogen) atoms. The molecule has 106 valence electrons. The molecule has 2 nitrogen and oxygen atoms in total. The minimum absolute atomic E-state index is 0.210. The van der Waals surface area contributed by atoms with Crippen LogP contribution in [0.5, 0.6) is 0 Å². The van der Waals surface area contributed by atoms with Gasteiger partial charge in [-0.2, -0.15) is 0 Å². The Morgan fingerprint density at radius 1 is 1.15 bits per heavy atom. The lowest BCUT2D eigenvalue weighted by Crippen LogP contribution is -2.16. The molecule has 2 aromatic rings. The zero-order valence-electron chi connectivity index (χ0n) is 12.4. The zero-order chi connectivity index (χ0) is 14.9. The van der Waals surface area contributed by atoms with Crippen molar-refractivity contribution in [1.29, 1.82) is 0 Å². The van der Waals surface area contributed by atoms with E-state index in [4.69, 9.17) is 5.73 Å². The number of hydrogen-bond donors (Lipinski definition) is 1. The average molecular weight is 272 g/mol. The van der Waals surface area contributed by atoms with Crippen LogP contribution in [0.1, 0.15) is 29.7 Å². The average Bonchev–Trinajstić information content (AvgIpc) is 2.40. The van der Waals surface area contributed by atoms with Crippen LogP contribution in [0.2, 0.25) is 0 Å². The highest BCUT2D eigenvalue weighted by Crippen LogP contribution is 2.32. The van der Waals surface area contributed by atoms with Crippen LogP contribution >= 0.6 is 0 Å². The summed E-state index contributed by atoms with van der Waals surface area (Å²) in [5.74, 6) is -0.210. The second-order valence-corrected chi connectivity index (χ2v) is 5.35. The molecular formula is C17H21FN2. The number of benzene rings is 2. The molecule has 2 rings (SSSR count). The fourth-order valence-corrected chi connectivity index (χ4v) is 2.31. The summed E-state index contributed by atoms with van der Waals surface area (Å²) in [5, 5.41) is 0. The van der Waals surface area contributed by atoms with Gasteiger partial charge in [0.1, 0.15) is 5.82 Å². The second kappa shape index (κ2) is 5.63. The smallest absolute Gasteiger partial charge is 0.126 e. The lowest BCUT2D eigenvalue weighted by molar-refractivity contribution is 0.613. The number of aryl methyl sites for hydroxylation is 2. The fraction of sp³-hybridized carbons (Fsp3) is 0.294. The first-order valence-electron chi connectivity index (χ1n) is 6.76. The lowest BCUT2D eigenvalue weighted by atomic mass is 10.0. The van der Waals surface area contributed by atoms with E-state index in [1.807, 2.05) is 32.2 Å². The predicted octanol–water partition coefficient (Wildman–Crippen LogP) is 4.23. The highest BCUT2D eigenvalue weighted by molar-refractivity contribution is 5.67. The van der Waals surface area contributed by atoms with Crippen LogP contribution in [0.25, 0.3) is 0 Å². The van der Waals surface area contributed by atoms with Crippen molar-refractivity contribution >= 4 is 11.4 Å². The van der Waals surface area contributed by atoms with Gasteiger partial charge < -0.3 is 10.6 Å². The number of nitrogens with two attached hydrogens (primary N) is 1. The van der Waals surface area contributed by atoms with Gasteiger partial charge in [0.2, 0.25) is 0 Å². The molecular weight excluding hydrogens is 251 g/mol. The summed E-state index contributed by atoms with van der Waals surface area (Å²) in [7, 11) is 1.98. The minimum atomic E-state index is -0.215. The van der Waals surface area contributed by atoms with Crippen molar-refractivity contribution in [2.45, 2.75) is 26.8 Å². The van der Waals surface area contributed by atoms with Gasteiger partial charge in [-0.3, -0.25) is 0 Å². The third-order valence-corrected chi connectivity index (χ3v) is 3.55. The Balaban J connectivity index is 2.53. The Labute approximate surface area is 120 Å². The molecule has 0 fully saturated rings. The largest absolute Gasteiger partial charge is 0.344 e. The predicted molar refractivity (Wildman–Crippen MR) is 83.0 cm³/mol. The molecule has 2 N–H and O–H groups in total. The maximum atomic E-state index is 13.8. The van der Waals surface area contributed by atoms with Crippen LogP contribution in [0.3, 0.4) is 0 Å². The summed E-state index contributed by atoms with van der Waals surface area (Å²) in [4.78, 5) is 2.05. The number of hydrogen-bond acceptors (Lipinski definition) is 2. The van der Waals surface area contributed by atoms with E-state index < -0.39 is 0 Å². The lowest BCUT2D eigenvalue weighted by Gasteiger charge is -2.25. The zero-order valence-corrected chi connectivity index (χ0v) is 12.4. The van der Waals surface area contributed by atoms with Crippen LogP contribution in [-0.2, 0) is 0 Å². The molecule has 0 saturated heterocycles. The van der Waals surface area contributed by atoms with Crippen LogP contribution < -0.4 is 10.6 Å². The van der Waals surface area contributed by atoms with Gasteiger partial charge in [0.25, 0.3) is 0 Å². The second-order valence-electron chi connectivity index (χ2n) is 5.35. The molecule has 0 bridgehead atoms. The Bertz CT molecular complexity index is 620. The van der Waals surface area contributed by atoms with Crippen LogP contribution in [0.15, 0.2) is 36.4 Å². The van der Waals surface area contributed by atoms with Crippen molar-refractivity contribution in [3.63, 3.8) is 0 Å². The quantitative estimate of drug-likeness (QED) is 0.906. The van der Waals surface area contributed by atoms with E-state index in [2.05, 4.69) is 24.0 Å². The molecule has 1 atom stereocenters. The topological polar surface area (TPSA) is 29.3 Å². The molecule has 0 aliphatic carbocycles. The van der Waals surface area contributed by atoms with Gasteiger partial charge in [-0.1, -0.05) is 12.1 Å². The van der Waals surface area contributed by atoms with Gasteiger partial charge in [-0.15, -0.1) is 0 Å². The molecule has 0 aromatic heterocycles. The van der Waals surface area contributed by atoms with E-state index in [0.29, 0.717) is 5.56 Å². The Morgan fingerprint density at radius 2 is 1.85 bits per heavy atom. The number of halogens is 1. The summed E-state index contributed by atoms with van der Waals surface area (Å²) in [6.45, 7) is 5.70. The van der Waals surface area contributed by atoms with Crippen LogP contribution in [-0.4, -0.2) is 7.05 Å². The summed E-state index contributed by atoms with van der Waals surface area (Å²) in [6.07, 6.45) is 0. The van der Waals surface area contributed by atoms with Gasteiger partial charge >= 0.3 is 0 Å². The Morgan fingerprint density at radius 3 is 2.45 bits per heavy atom. The van der Waals surface area contributed by atoms with Crippen molar-refractivity contribution < 1.29 is 4.39 Å². The van der Waals surface area contributed by atoms with E-state index in [1.54, 1.807) is 13.0 Å². The SMILES string of the molecule is Cc1cccc(N(C)c2cc(C)c(F)cc2C(C)N)c1. The normalized spacial score (nSPS) is 12.3. The van der Waals surface area contributed by atoms with Crippen LogP contribution in [0.4, 0.5) is 15.8 Å². The van der Waals surface area contributed by atoms with Gasteiger partial charge in [0.15, 0.2) is 0 Å². The molecule has 3 heteroatoms. The maximum Gasteiger partial charge on any atom is 0.126 e. The molecule has 1 unspecified atom stereocenters. The molecule has 0 heterocycles. The molecule has 0 aliphatic rings. The Hall–Kier alpha value is -1.87. The number of nitrogens with zero attached hydrogens (tertiary/aromatic N) is 1. The molecule has 0 spiro atoms. The minimum Gasteiger partial charge on any atom is -0.344 e. The van der Waals surface area contributed by atoms with E-state index in [9.17, 15) is 4.39 Å². The number of rotatable bonds is 3.